The second kappa shape index (κ2) is 8.26. The van der Waals surface area contributed by atoms with Gasteiger partial charge in [0.2, 0.25) is 0 Å². The number of halogens is 1. The highest BCUT2D eigenvalue weighted by Crippen LogP contribution is 2.24. The van der Waals surface area contributed by atoms with E-state index in [1.807, 2.05) is 0 Å². The van der Waals surface area contributed by atoms with Crippen molar-refractivity contribution in [3.63, 3.8) is 0 Å². The van der Waals surface area contributed by atoms with Gasteiger partial charge in [0.05, 0.1) is 17.9 Å². The molecule has 6 nitrogen and oxygen atoms in total. The zero-order valence-corrected chi connectivity index (χ0v) is 15.0. The minimum absolute atomic E-state index is 0.241. The fraction of sp³-hybridized carbons (Fsp3) is 0.350. The van der Waals surface area contributed by atoms with Crippen LogP contribution in [0.25, 0.3) is 11.3 Å². The molecule has 27 heavy (non-hydrogen) atoms. The van der Waals surface area contributed by atoms with Crippen molar-refractivity contribution in [3.8, 4) is 11.3 Å². The molecule has 1 aliphatic heterocycles. The molecule has 1 aliphatic rings. The van der Waals surface area contributed by atoms with Crippen LogP contribution in [0, 0.1) is 5.82 Å². The third-order valence-electron chi connectivity index (χ3n) is 4.53. The van der Waals surface area contributed by atoms with Crippen molar-refractivity contribution >= 4 is 11.9 Å². The number of amides is 1. The van der Waals surface area contributed by atoms with Gasteiger partial charge in [0.1, 0.15) is 11.4 Å². The summed E-state index contributed by atoms with van der Waals surface area (Å²) < 4.78 is 23.5. The molecule has 0 unspecified atom stereocenters. The van der Waals surface area contributed by atoms with Crippen LogP contribution in [0.2, 0.25) is 0 Å². The van der Waals surface area contributed by atoms with Crippen molar-refractivity contribution in [1.29, 1.82) is 0 Å². The summed E-state index contributed by atoms with van der Waals surface area (Å²) >= 11 is 0. The molecule has 0 bridgehead atoms. The van der Waals surface area contributed by atoms with Crippen LogP contribution in [0.4, 0.5) is 4.39 Å². The van der Waals surface area contributed by atoms with Crippen LogP contribution in [0.5, 0.6) is 0 Å². The summed E-state index contributed by atoms with van der Waals surface area (Å²) in [6, 6.07) is 9.25. The first-order valence-electron chi connectivity index (χ1n) is 8.83. The molecule has 1 N–H and O–H groups in total. The molecule has 0 spiro atoms. The Kier molecular flexibility index (Phi) is 5.81. The number of rotatable bonds is 5. The van der Waals surface area contributed by atoms with E-state index in [-0.39, 0.29) is 12.4 Å². The summed E-state index contributed by atoms with van der Waals surface area (Å²) in [5, 5.41) is 2.82. The molecule has 1 aromatic carbocycles. The number of benzene rings is 1. The Morgan fingerprint density at radius 3 is 2.48 bits per heavy atom. The summed E-state index contributed by atoms with van der Waals surface area (Å²) in [7, 11) is 0. The molecule has 3 rings (SSSR count). The zero-order valence-electron chi connectivity index (χ0n) is 15.0. The first-order valence-corrected chi connectivity index (χ1v) is 8.83. The SMILES string of the molecule is CCOC(=O)C1(NC(=O)c2ccc(-c3ccc(F)cc3)nc2)CCOCC1. The Morgan fingerprint density at radius 1 is 1.19 bits per heavy atom. The molecule has 2 aromatic rings. The Morgan fingerprint density at radius 2 is 1.89 bits per heavy atom. The van der Waals surface area contributed by atoms with Gasteiger partial charge in [0, 0.05) is 37.8 Å². The van der Waals surface area contributed by atoms with E-state index in [0.717, 1.165) is 5.56 Å². The molecule has 1 aromatic heterocycles. The van der Waals surface area contributed by atoms with Crippen LogP contribution in [0.15, 0.2) is 42.6 Å². The number of carbonyl (C=O) groups excluding carboxylic acids is 2. The zero-order chi connectivity index (χ0) is 19.3. The number of nitrogens with zero attached hydrogens (tertiary/aromatic N) is 1. The maximum Gasteiger partial charge on any atom is 0.332 e. The summed E-state index contributed by atoms with van der Waals surface area (Å²) in [6.45, 7) is 2.72. The molecular weight excluding hydrogens is 351 g/mol. The number of hydrogen-bond donors (Lipinski definition) is 1. The molecule has 1 saturated heterocycles. The Labute approximate surface area is 156 Å². The number of pyridine rings is 1. The molecule has 7 heteroatoms. The topological polar surface area (TPSA) is 77.5 Å². The summed E-state index contributed by atoms with van der Waals surface area (Å²) in [6.07, 6.45) is 2.16. The summed E-state index contributed by atoms with van der Waals surface area (Å²) in [5.41, 5.74) is 0.616. The number of ether oxygens (including phenoxy) is 2. The second-order valence-electron chi connectivity index (χ2n) is 6.31. The van der Waals surface area contributed by atoms with Gasteiger partial charge in [0.15, 0.2) is 0 Å². The van der Waals surface area contributed by atoms with Gasteiger partial charge >= 0.3 is 5.97 Å². The van der Waals surface area contributed by atoms with Gasteiger partial charge in [-0.1, -0.05) is 0 Å². The van der Waals surface area contributed by atoms with Crippen molar-refractivity contribution in [1.82, 2.24) is 10.3 Å². The van der Waals surface area contributed by atoms with Crippen LogP contribution in [-0.2, 0) is 14.3 Å². The molecule has 1 amide bonds. The maximum atomic E-state index is 13.0. The number of carbonyl (C=O) groups is 2. The summed E-state index contributed by atoms with van der Waals surface area (Å²) in [5.74, 6) is -1.17. The van der Waals surface area contributed by atoms with Gasteiger partial charge in [-0.3, -0.25) is 9.78 Å². The third-order valence-corrected chi connectivity index (χ3v) is 4.53. The van der Waals surface area contributed by atoms with E-state index >= 15 is 0 Å². The lowest BCUT2D eigenvalue weighted by molar-refractivity contribution is -0.154. The highest BCUT2D eigenvalue weighted by atomic mass is 19.1. The predicted octanol–water partition coefficient (Wildman–Crippen LogP) is 2.73. The highest BCUT2D eigenvalue weighted by Gasteiger charge is 2.43. The molecule has 0 radical (unpaired) electrons. The maximum absolute atomic E-state index is 13.0. The minimum atomic E-state index is -1.08. The van der Waals surface area contributed by atoms with E-state index in [4.69, 9.17) is 9.47 Å². The molecular formula is C20H21FN2O4. The third kappa shape index (κ3) is 4.31. The second-order valence-corrected chi connectivity index (χ2v) is 6.31. The van der Waals surface area contributed by atoms with Crippen molar-refractivity contribution in [2.45, 2.75) is 25.3 Å². The molecule has 142 valence electrons. The Hall–Kier alpha value is -2.80. The first kappa shape index (κ1) is 19.0. The Bertz CT molecular complexity index is 800. The van der Waals surface area contributed by atoms with E-state index in [2.05, 4.69) is 10.3 Å². The quantitative estimate of drug-likeness (QED) is 0.817. The van der Waals surface area contributed by atoms with Crippen molar-refractivity contribution in [3.05, 3.63) is 54.0 Å². The highest BCUT2D eigenvalue weighted by molar-refractivity contribution is 5.98. The normalized spacial score (nSPS) is 15.8. The molecule has 0 saturated carbocycles. The van der Waals surface area contributed by atoms with Gasteiger partial charge in [0.25, 0.3) is 5.91 Å². The van der Waals surface area contributed by atoms with Crippen LogP contribution < -0.4 is 5.32 Å². The smallest absolute Gasteiger partial charge is 0.332 e. The molecule has 0 aliphatic carbocycles. The number of hydrogen-bond acceptors (Lipinski definition) is 5. The molecule has 1 fully saturated rings. The average Bonchev–Trinajstić information content (AvgIpc) is 2.69. The van der Waals surface area contributed by atoms with E-state index in [1.54, 1.807) is 31.2 Å². The van der Waals surface area contributed by atoms with Gasteiger partial charge in [-0.2, -0.15) is 0 Å². The van der Waals surface area contributed by atoms with E-state index in [0.29, 0.717) is 37.3 Å². The van der Waals surface area contributed by atoms with E-state index < -0.39 is 17.4 Å². The number of aromatic nitrogens is 1. The van der Waals surface area contributed by atoms with Crippen LogP contribution in [-0.4, -0.2) is 42.2 Å². The lowest BCUT2D eigenvalue weighted by Crippen LogP contribution is -2.58. The number of nitrogens with one attached hydrogen (secondary N) is 1. The van der Waals surface area contributed by atoms with Gasteiger partial charge < -0.3 is 14.8 Å². The van der Waals surface area contributed by atoms with Crippen LogP contribution in [0.1, 0.15) is 30.1 Å². The fourth-order valence-corrected chi connectivity index (χ4v) is 2.98. The monoisotopic (exact) mass is 372 g/mol. The lowest BCUT2D eigenvalue weighted by Gasteiger charge is -2.35. The first-order chi connectivity index (χ1) is 13.0. The molecule has 2 heterocycles. The molecule has 0 atom stereocenters. The predicted molar refractivity (Wildman–Crippen MR) is 96.5 cm³/mol. The van der Waals surface area contributed by atoms with Crippen molar-refractivity contribution in [2.24, 2.45) is 0 Å². The summed E-state index contributed by atoms with van der Waals surface area (Å²) in [4.78, 5) is 29.4. The standard InChI is InChI=1S/C20H21FN2O4/c1-2-27-19(25)20(9-11-26-12-10-20)23-18(24)15-5-8-17(22-13-15)14-3-6-16(21)7-4-14/h3-8,13H,2,9-12H2,1H3,(H,23,24). The van der Waals surface area contributed by atoms with Gasteiger partial charge in [-0.05, 0) is 43.3 Å². The fourth-order valence-electron chi connectivity index (χ4n) is 2.98. The van der Waals surface area contributed by atoms with Crippen molar-refractivity contribution < 1.29 is 23.5 Å². The van der Waals surface area contributed by atoms with Gasteiger partial charge in [-0.15, -0.1) is 0 Å². The average molecular weight is 372 g/mol. The Balaban J connectivity index is 1.76. The number of esters is 1. The van der Waals surface area contributed by atoms with E-state index in [9.17, 15) is 14.0 Å². The van der Waals surface area contributed by atoms with Crippen LogP contribution >= 0.6 is 0 Å². The van der Waals surface area contributed by atoms with Gasteiger partial charge in [-0.25, -0.2) is 9.18 Å². The lowest BCUT2D eigenvalue weighted by atomic mass is 9.89. The largest absolute Gasteiger partial charge is 0.464 e. The minimum Gasteiger partial charge on any atom is -0.464 e. The van der Waals surface area contributed by atoms with Crippen molar-refractivity contribution in [2.75, 3.05) is 19.8 Å². The van der Waals surface area contributed by atoms with Crippen LogP contribution in [0.3, 0.4) is 0 Å². The van der Waals surface area contributed by atoms with E-state index in [1.165, 1.54) is 18.3 Å².